The van der Waals surface area contributed by atoms with Crippen LogP contribution >= 0.6 is 11.6 Å². The van der Waals surface area contributed by atoms with Gasteiger partial charge < -0.3 is 9.47 Å². The van der Waals surface area contributed by atoms with Crippen LogP contribution in [0.15, 0.2) is 24.3 Å². The Labute approximate surface area is 108 Å². The predicted molar refractivity (Wildman–Crippen MR) is 62.1 cm³/mol. The number of hydrogen-bond acceptors (Lipinski definition) is 5. The Morgan fingerprint density at radius 1 is 1.17 bits per heavy atom. The van der Waals surface area contributed by atoms with E-state index in [1.54, 1.807) is 18.2 Å². The Morgan fingerprint density at radius 2 is 1.89 bits per heavy atom. The summed E-state index contributed by atoms with van der Waals surface area (Å²) in [4.78, 5) is 11.3. The van der Waals surface area contributed by atoms with Gasteiger partial charge in [-0.3, -0.25) is 0 Å². The van der Waals surface area contributed by atoms with Crippen molar-refractivity contribution in [3.8, 4) is 12.0 Å². The highest BCUT2D eigenvalue weighted by molar-refractivity contribution is 6.28. The lowest BCUT2D eigenvalue weighted by Gasteiger charge is -2.06. The molecule has 2 rings (SSSR count). The van der Waals surface area contributed by atoms with E-state index in [2.05, 4.69) is 15.0 Å². The predicted octanol–water partition coefficient (Wildman–Crippen LogP) is 2.25. The first-order valence-corrected chi connectivity index (χ1v) is 5.38. The van der Waals surface area contributed by atoms with Gasteiger partial charge >= 0.3 is 12.0 Å². The third-order valence-corrected chi connectivity index (χ3v) is 2.23. The normalized spacial score (nSPS) is 10.2. The quantitative estimate of drug-likeness (QED) is 0.852. The molecule has 0 unspecified atom stereocenters. The van der Waals surface area contributed by atoms with Gasteiger partial charge in [-0.1, -0.05) is 18.2 Å². The van der Waals surface area contributed by atoms with Gasteiger partial charge in [-0.2, -0.15) is 9.97 Å². The molecule has 0 saturated carbocycles. The van der Waals surface area contributed by atoms with Crippen molar-refractivity contribution in [3.63, 3.8) is 0 Å². The summed E-state index contributed by atoms with van der Waals surface area (Å²) in [5.74, 6) is -0.357. The highest BCUT2D eigenvalue weighted by Gasteiger charge is 2.07. The van der Waals surface area contributed by atoms with Gasteiger partial charge in [-0.05, 0) is 17.7 Å². The molecule has 1 heterocycles. The topological polar surface area (TPSA) is 57.1 Å². The maximum Gasteiger partial charge on any atom is 0.324 e. The molecule has 5 nitrogen and oxygen atoms in total. The van der Waals surface area contributed by atoms with E-state index in [4.69, 9.17) is 21.1 Å². The van der Waals surface area contributed by atoms with Gasteiger partial charge in [0.2, 0.25) is 5.28 Å². The summed E-state index contributed by atoms with van der Waals surface area (Å²) >= 11 is 5.65. The number of benzene rings is 1. The van der Waals surface area contributed by atoms with E-state index in [0.29, 0.717) is 5.56 Å². The fourth-order valence-electron chi connectivity index (χ4n) is 1.23. The minimum atomic E-state index is -0.357. The van der Waals surface area contributed by atoms with Crippen molar-refractivity contribution in [3.05, 3.63) is 40.9 Å². The summed E-state index contributed by atoms with van der Waals surface area (Å²) in [6, 6.07) is 6.29. The van der Waals surface area contributed by atoms with E-state index in [1.807, 2.05) is 0 Å². The van der Waals surface area contributed by atoms with Gasteiger partial charge in [-0.15, -0.1) is 4.98 Å². The smallest absolute Gasteiger partial charge is 0.324 e. The van der Waals surface area contributed by atoms with Crippen LogP contribution in [-0.2, 0) is 6.61 Å². The molecule has 0 spiro atoms. The van der Waals surface area contributed by atoms with Crippen molar-refractivity contribution < 1.29 is 13.9 Å². The SMILES string of the molecule is COc1nc(Cl)nc(OCc2ccccc2F)n1. The Morgan fingerprint density at radius 3 is 2.61 bits per heavy atom. The maximum absolute atomic E-state index is 13.3. The maximum atomic E-state index is 13.3. The second-order valence-corrected chi connectivity index (χ2v) is 3.59. The van der Waals surface area contributed by atoms with E-state index in [1.165, 1.54) is 13.2 Å². The average Bonchev–Trinajstić information content (AvgIpc) is 2.37. The number of hydrogen-bond donors (Lipinski definition) is 0. The molecule has 0 bridgehead atoms. The Balaban J connectivity index is 2.11. The second-order valence-electron chi connectivity index (χ2n) is 3.25. The average molecular weight is 270 g/mol. The number of halogens is 2. The van der Waals surface area contributed by atoms with Gasteiger partial charge in [0.1, 0.15) is 12.4 Å². The zero-order valence-electron chi connectivity index (χ0n) is 9.43. The zero-order chi connectivity index (χ0) is 13.0. The number of ether oxygens (including phenoxy) is 2. The molecule has 0 aliphatic heterocycles. The highest BCUT2D eigenvalue weighted by atomic mass is 35.5. The van der Waals surface area contributed by atoms with Gasteiger partial charge in [0, 0.05) is 5.56 Å². The summed E-state index contributed by atoms with van der Waals surface area (Å²) in [5, 5.41) is -0.0506. The molecule has 0 aliphatic carbocycles. The number of nitrogens with zero attached hydrogens (tertiary/aromatic N) is 3. The van der Waals surface area contributed by atoms with E-state index in [0.717, 1.165) is 0 Å². The van der Waals surface area contributed by atoms with E-state index in [-0.39, 0.29) is 29.7 Å². The molecule has 18 heavy (non-hydrogen) atoms. The lowest BCUT2D eigenvalue weighted by atomic mass is 10.2. The molecule has 0 fully saturated rings. The largest absolute Gasteiger partial charge is 0.467 e. The number of aromatic nitrogens is 3. The first-order chi connectivity index (χ1) is 8.69. The van der Waals surface area contributed by atoms with Crippen LogP contribution in [0.1, 0.15) is 5.56 Å². The molecular formula is C11H9ClFN3O2. The van der Waals surface area contributed by atoms with E-state index >= 15 is 0 Å². The molecule has 0 amide bonds. The summed E-state index contributed by atoms with van der Waals surface area (Å²) in [5.41, 5.74) is 0.396. The summed E-state index contributed by atoms with van der Waals surface area (Å²) < 4.78 is 23.4. The third-order valence-electron chi connectivity index (χ3n) is 2.06. The first-order valence-electron chi connectivity index (χ1n) is 5.01. The summed E-state index contributed by atoms with van der Waals surface area (Å²) in [7, 11) is 1.40. The minimum Gasteiger partial charge on any atom is -0.467 e. The van der Waals surface area contributed by atoms with Crippen LogP contribution in [-0.4, -0.2) is 22.1 Å². The number of rotatable bonds is 4. The standard InChI is InChI=1S/C11H9ClFN3O2/c1-17-10-14-9(12)15-11(16-10)18-6-7-4-2-3-5-8(7)13/h2-5H,6H2,1H3. The zero-order valence-corrected chi connectivity index (χ0v) is 10.2. The molecular weight excluding hydrogens is 261 g/mol. The van der Waals surface area contributed by atoms with Crippen LogP contribution in [0, 0.1) is 5.82 Å². The lowest BCUT2D eigenvalue weighted by molar-refractivity contribution is 0.265. The van der Waals surface area contributed by atoms with Crippen molar-refractivity contribution >= 4 is 11.6 Å². The highest BCUT2D eigenvalue weighted by Crippen LogP contribution is 2.15. The summed E-state index contributed by atoms with van der Waals surface area (Å²) in [6.07, 6.45) is 0. The molecule has 94 valence electrons. The number of methoxy groups -OCH3 is 1. The molecule has 0 atom stereocenters. The van der Waals surface area contributed by atoms with E-state index < -0.39 is 0 Å². The van der Waals surface area contributed by atoms with Crippen LogP contribution in [0.25, 0.3) is 0 Å². The molecule has 0 N–H and O–H groups in total. The van der Waals surface area contributed by atoms with Crippen molar-refractivity contribution in [2.24, 2.45) is 0 Å². The van der Waals surface area contributed by atoms with Crippen LogP contribution in [0.4, 0.5) is 4.39 Å². The molecule has 0 saturated heterocycles. The third kappa shape index (κ3) is 3.04. The van der Waals surface area contributed by atoms with Crippen molar-refractivity contribution in [1.29, 1.82) is 0 Å². The van der Waals surface area contributed by atoms with E-state index in [9.17, 15) is 4.39 Å². The molecule has 0 aliphatic rings. The fourth-order valence-corrected chi connectivity index (χ4v) is 1.37. The second kappa shape index (κ2) is 5.59. The van der Waals surface area contributed by atoms with Gasteiger partial charge in [0.15, 0.2) is 0 Å². The Bertz CT molecular complexity index is 554. The molecule has 0 radical (unpaired) electrons. The molecule has 7 heteroatoms. The lowest BCUT2D eigenvalue weighted by Crippen LogP contribution is -2.03. The van der Waals surface area contributed by atoms with Crippen LogP contribution < -0.4 is 9.47 Å². The van der Waals surface area contributed by atoms with Crippen LogP contribution in [0.2, 0.25) is 5.28 Å². The Hall–Kier alpha value is -1.95. The Kier molecular flexibility index (Phi) is 3.88. The molecule has 1 aromatic carbocycles. The van der Waals surface area contributed by atoms with Crippen LogP contribution in [0.5, 0.6) is 12.0 Å². The monoisotopic (exact) mass is 269 g/mol. The van der Waals surface area contributed by atoms with Gasteiger partial charge in [-0.25, -0.2) is 4.39 Å². The van der Waals surface area contributed by atoms with Crippen molar-refractivity contribution in [1.82, 2.24) is 15.0 Å². The fraction of sp³-hybridized carbons (Fsp3) is 0.182. The van der Waals surface area contributed by atoms with Gasteiger partial charge in [0.25, 0.3) is 0 Å². The summed E-state index contributed by atoms with van der Waals surface area (Å²) in [6.45, 7) is -0.00380. The molecule has 2 aromatic rings. The first kappa shape index (κ1) is 12.5. The van der Waals surface area contributed by atoms with Crippen molar-refractivity contribution in [2.45, 2.75) is 6.61 Å². The van der Waals surface area contributed by atoms with Crippen molar-refractivity contribution in [2.75, 3.05) is 7.11 Å². The molecule has 1 aromatic heterocycles. The van der Waals surface area contributed by atoms with Crippen LogP contribution in [0.3, 0.4) is 0 Å². The van der Waals surface area contributed by atoms with Gasteiger partial charge in [0.05, 0.1) is 7.11 Å². The minimum absolute atomic E-state index is 0.00380.